The predicted octanol–water partition coefficient (Wildman–Crippen LogP) is 3.00. The second-order valence-electron chi connectivity index (χ2n) is 8.16. The molecule has 178 valence electrons. The van der Waals surface area contributed by atoms with Crippen LogP contribution in [0.5, 0.6) is 0 Å². The van der Waals surface area contributed by atoms with Gasteiger partial charge in [-0.05, 0) is 68.7 Å². The lowest BCUT2D eigenvalue weighted by atomic mass is 10.1. The maximum Gasteiger partial charge on any atom is 0.240 e. The number of benzene rings is 2. The molecule has 1 unspecified atom stereocenters. The van der Waals surface area contributed by atoms with E-state index in [1.807, 2.05) is 39.0 Å². The lowest BCUT2D eigenvalue weighted by Crippen LogP contribution is -2.28. The van der Waals surface area contributed by atoms with Crippen molar-refractivity contribution in [3.63, 3.8) is 0 Å². The molecule has 0 saturated carbocycles. The van der Waals surface area contributed by atoms with Gasteiger partial charge in [-0.25, -0.2) is 13.1 Å². The molecule has 1 saturated heterocycles. The predicted molar refractivity (Wildman–Crippen MR) is 128 cm³/mol. The van der Waals surface area contributed by atoms with Crippen LogP contribution >= 0.6 is 0 Å². The molecule has 1 aliphatic heterocycles. The summed E-state index contributed by atoms with van der Waals surface area (Å²) in [5.41, 5.74) is 3.35. The third-order valence-electron chi connectivity index (χ3n) is 5.55. The van der Waals surface area contributed by atoms with E-state index in [0.29, 0.717) is 31.9 Å². The number of carbonyl (C=O) groups excluding carboxylic acids is 2. The Morgan fingerprint density at radius 1 is 1.15 bits per heavy atom. The zero-order valence-electron chi connectivity index (χ0n) is 19.3. The quantitative estimate of drug-likeness (QED) is 0.516. The molecule has 2 N–H and O–H groups in total. The van der Waals surface area contributed by atoms with E-state index in [9.17, 15) is 18.0 Å². The lowest BCUT2D eigenvalue weighted by molar-refractivity contribution is -0.122. The highest BCUT2D eigenvalue weighted by molar-refractivity contribution is 7.89. The number of anilines is 2. The molecule has 3 rings (SSSR count). The van der Waals surface area contributed by atoms with Crippen molar-refractivity contribution >= 4 is 33.2 Å². The minimum absolute atomic E-state index is 0.0827. The number of sulfonamides is 1. The Bertz CT molecular complexity index is 1100. The molecule has 1 aliphatic rings. The molecule has 0 radical (unpaired) electrons. The summed E-state index contributed by atoms with van der Waals surface area (Å²) in [6.07, 6.45) is 0.720. The molecule has 2 amide bonds. The average Bonchev–Trinajstić information content (AvgIpc) is 3.17. The first-order chi connectivity index (χ1) is 15.7. The fourth-order valence-electron chi connectivity index (χ4n) is 3.70. The van der Waals surface area contributed by atoms with Crippen LogP contribution in [-0.2, 0) is 24.3 Å². The highest BCUT2D eigenvalue weighted by Crippen LogP contribution is 2.29. The number of aryl methyl sites for hydroxylation is 2. The van der Waals surface area contributed by atoms with E-state index in [-0.39, 0.29) is 29.7 Å². The van der Waals surface area contributed by atoms with Crippen molar-refractivity contribution in [2.75, 3.05) is 36.5 Å². The van der Waals surface area contributed by atoms with Crippen molar-refractivity contribution in [3.8, 4) is 0 Å². The smallest absolute Gasteiger partial charge is 0.240 e. The molecule has 1 heterocycles. The summed E-state index contributed by atoms with van der Waals surface area (Å²) in [7, 11) is -3.63. The Hall–Kier alpha value is -2.75. The van der Waals surface area contributed by atoms with Crippen LogP contribution in [0.15, 0.2) is 47.4 Å². The van der Waals surface area contributed by atoms with Crippen molar-refractivity contribution < 1.29 is 22.7 Å². The van der Waals surface area contributed by atoms with Gasteiger partial charge in [0.1, 0.15) is 0 Å². The van der Waals surface area contributed by atoms with E-state index < -0.39 is 15.9 Å². The molecule has 33 heavy (non-hydrogen) atoms. The van der Waals surface area contributed by atoms with Gasteiger partial charge in [0, 0.05) is 44.1 Å². The molecular formula is C24H31N3O5S. The minimum atomic E-state index is -3.63. The SMILES string of the molecule is CCOCCCNS(=O)(=O)c1ccc(NC(=O)C2CC(=O)N(c3cc(C)ccc3C)C2)cc1. The van der Waals surface area contributed by atoms with Gasteiger partial charge in [0.2, 0.25) is 21.8 Å². The zero-order valence-corrected chi connectivity index (χ0v) is 20.1. The van der Waals surface area contributed by atoms with Gasteiger partial charge in [-0.15, -0.1) is 0 Å². The van der Waals surface area contributed by atoms with E-state index in [4.69, 9.17) is 4.74 Å². The number of hydrogen-bond donors (Lipinski definition) is 2. The van der Waals surface area contributed by atoms with Crippen LogP contribution in [0, 0.1) is 19.8 Å². The summed E-state index contributed by atoms with van der Waals surface area (Å²) in [6.45, 7) is 7.48. The van der Waals surface area contributed by atoms with Crippen LogP contribution in [-0.4, -0.2) is 46.5 Å². The number of carbonyl (C=O) groups is 2. The third kappa shape index (κ3) is 6.40. The Kier molecular flexibility index (Phi) is 8.23. The van der Waals surface area contributed by atoms with E-state index >= 15 is 0 Å². The highest BCUT2D eigenvalue weighted by atomic mass is 32.2. The van der Waals surface area contributed by atoms with Crippen molar-refractivity contribution in [2.24, 2.45) is 5.92 Å². The molecule has 9 heteroatoms. The maximum atomic E-state index is 12.8. The first-order valence-corrected chi connectivity index (χ1v) is 12.6. The van der Waals surface area contributed by atoms with E-state index in [1.165, 1.54) is 12.1 Å². The average molecular weight is 474 g/mol. The largest absolute Gasteiger partial charge is 0.382 e. The van der Waals surface area contributed by atoms with Crippen molar-refractivity contribution in [1.29, 1.82) is 0 Å². The summed E-state index contributed by atoms with van der Waals surface area (Å²) < 4.78 is 32.5. The van der Waals surface area contributed by atoms with Crippen LogP contribution in [0.25, 0.3) is 0 Å². The second kappa shape index (κ2) is 10.9. The van der Waals surface area contributed by atoms with E-state index in [2.05, 4.69) is 10.0 Å². The highest BCUT2D eigenvalue weighted by Gasteiger charge is 2.35. The van der Waals surface area contributed by atoms with Gasteiger partial charge in [-0.2, -0.15) is 0 Å². The van der Waals surface area contributed by atoms with E-state index in [0.717, 1.165) is 16.8 Å². The van der Waals surface area contributed by atoms with Crippen LogP contribution in [0.3, 0.4) is 0 Å². The lowest BCUT2D eigenvalue weighted by Gasteiger charge is -2.19. The number of nitrogens with one attached hydrogen (secondary N) is 2. The van der Waals surface area contributed by atoms with Crippen molar-refractivity contribution in [3.05, 3.63) is 53.6 Å². The number of nitrogens with zero attached hydrogens (tertiary/aromatic N) is 1. The molecule has 0 aliphatic carbocycles. The summed E-state index contributed by atoms with van der Waals surface area (Å²) in [5.74, 6) is -0.825. The summed E-state index contributed by atoms with van der Waals surface area (Å²) in [5, 5.41) is 2.80. The Morgan fingerprint density at radius 3 is 2.58 bits per heavy atom. The van der Waals surface area contributed by atoms with Gasteiger partial charge in [-0.3, -0.25) is 9.59 Å². The number of hydrogen-bond acceptors (Lipinski definition) is 5. The third-order valence-corrected chi connectivity index (χ3v) is 7.02. The molecule has 0 spiro atoms. The van der Waals surface area contributed by atoms with Crippen molar-refractivity contribution in [2.45, 2.75) is 38.5 Å². The molecular weight excluding hydrogens is 442 g/mol. The molecule has 0 bridgehead atoms. The first-order valence-electron chi connectivity index (χ1n) is 11.1. The molecule has 8 nitrogen and oxygen atoms in total. The Labute approximate surface area is 195 Å². The fraction of sp³-hybridized carbons (Fsp3) is 0.417. The van der Waals surface area contributed by atoms with Gasteiger partial charge in [0.05, 0.1) is 10.8 Å². The Balaban J connectivity index is 1.58. The van der Waals surface area contributed by atoms with E-state index in [1.54, 1.807) is 17.0 Å². The van der Waals surface area contributed by atoms with Gasteiger partial charge in [0.25, 0.3) is 0 Å². The Morgan fingerprint density at radius 2 is 1.88 bits per heavy atom. The molecule has 2 aromatic rings. The molecule has 1 atom stereocenters. The first kappa shape index (κ1) is 24.9. The second-order valence-corrected chi connectivity index (χ2v) is 9.92. The number of rotatable bonds is 10. The standard InChI is InChI=1S/C24H31N3O5S/c1-4-32-13-5-12-25-33(30,31)21-10-8-20(9-11-21)26-24(29)19-15-23(28)27(16-19)22-14-17(2)6-7-18(22)3/h6-11,14,19,25H,4-5,12-13,15-16H2,1-3H3,(H,26,29). The molecule has 0 aromatic heterocycles. The fourth-order valence-corrected chi connectivity index (χ4v) is 4.77. The number of ether oxygens (including phenoxy) is 1. The molecule has 1 fully saturated rings. The van der Waals surface area contributed by atoms with Crippen LogP contribution < -0.4 is 14.9 Å². The number of amides is 2. The normalized spacial score (nSPS) is 16.3. The minimum Gasteiger partial charge on any atom is -0.382 e. The summed E-state index contributed by atoms with van der Waals surface area (Å²) in [6, 6.07) is 11.9. The maximum absolute atomic E-state index is 12.8. The van der Waals surface area contributed by atoms with Crippen LogP contribution in [0.4, 0.5) is 11.4 Å². The van der Waals surface area contributed by atoms with Crippen LogP contribution in [0.1, 0.15) is 30.9 Å². The van der Waals surface area contributed by atoms with Gasteiger partial charge >= 0.3 is 0 Å². The summed E-state index contributed by atoms with van der Waals surface area (Å²) >= 11 is 0. The topological polar surface area (TPSA) is 105 Å². The van der Waals surface area contributed by atoms with Crippen molar-refractivity contribution in [1.82, 2.24) is 4.72 Å². The van der Waals surface area contributed by atoms with Gasteiger partial charge < -0.3 is 15.0 Å². The molecule has 2 aromatic carbocycles. The van der Waals surface area contributed by atoms with Gasteiger partial charge in [-0.1, -0.05) is 12.1 Å². The zero-order chi connectivity index (χ0) is 24.0. The van der Waals surface area contributed by atoms with Crippen LogP contribution in [0.2, 0.25) is 0 Å². The summed E-state index contributed by atoms with van der Waals surface area (Å²) in [4.78, 5) is 27.1. The van der Waals surface area contributed by atoms with Gasteiger partial charge in [0.15, 0.2) is 0 Å². The monoisotopic (exact) mass is 473 g/mol.